The highest BCUT2D eigenvalue weighted by Crippen LogP contribution is 2.30. The molecular weight excluding hydrogens is 234 g/mol. The van der Waals surface area contributed by atoms with Crippen molar-refractivity contribution < 1.29 is 19.7 Å². The summed E-state index contributed by atoms with van der Waals surface area (Å²) < 4.78 is 5.28. The quantitative estimate of drug-likeness (QED) is 0.757. The fourth-order valence-electron chi connectivity index (χ4n) is 2.28. The molecule has 0 aromatic heterocycles. The number of ether oxygens (including phenoxy) is 1. The molecule has 98 valence electrons. The minimum Gasteiger partial charge on any atom is -0.507 e. The SMILES string of the molecule is N[C@@H](c1ccc(O)c(C(=O)O)c1)C1CCOCC1. The molecule has 5 nitrogen and oxygen atoms in total. The van der Waals surface area contributed by atoms with Crippen LogP contribution in [0.5, 0.6) is 5.75 Å². The zero-order valence-corrected chi connectivity index (χ0v) is 10.0. The van der Waals surface area contributed by atoms with Gasteiger partial charge in [-0.3, -0.25) is 0 Å². The van der Waals surface area contributed by atoms with Crippen molar-refractivity contribution in [3.63, 3.8) is 0 Å². The Kier molecular flexibility index (Phi) is 3.84. The summed E-state index contributed by atoms with van der Waals surface area (Å²) in [5.41, 5.74) is 6.80. The predicted octanol–water partition coefficient (Wildman–Crippen LogP) is 1.52. The molecule has 0 bridgehead atoms. The Morgan fingerprint density at radius 3 is 2.67 bits per heavy atom. The number of phenols is 1. The maximum Gasteiger partial charge on any atom is 0.339 e. The number of benzene rings is 1. The summed E-state index contributed by atoms with van der Waals surface area (Å²) in [6.07, 6.45) is 1.76. The smallest absolute Gasteiger partial charge is 0.339 e. The lowest BCUT2D eigenvalue weighted by Crippen LogP contribution is -2.27. The molecule has 1 aliphatic heterocycles. The van der Waals surface area contributed by atoms with E-state index in [2.05, 4.69) is 0 Å². The molecule has 1 aromatic rings. The van der Waals surface area contributed by atoms with Gasteiger partial charge < -0.3 is 20.7 Å². The van der Waals surface area contributed by atoms with Crippen molar-refractivity contribution >= 4 is 5.97 Å². The highest BCUT2D eigenvalue weighted by molar-refractivity contribution is 5.90. The zero-order chi connectivity index (χ0) is 13.1. The van der Waals surface area contributed by atoms with Gasteiger partial charge in [0.15, 0.2) is 0 Å². The molecule has 0 saturated carbocycles. The largest absolute Gasteiger partial charge is 0.507 e. The van der Waals surface area contributed by atoms with E-state index in [-0.39, 0.29) is 17.4 Å². The average Bonchev–Trinajstić information content (AvgIpc) is 2.39. The second kappa shape index (κ2) is 5.37. The monoisotopic (exact) mass is 251 g/mol. The van der Waals surface area contributed by atoms with E-state index < -0.39 is 5.97 Å². The van der Waals surface area contributed by atoms with Gasteiger partial charge in [0, 0.05) is 19.3 Å². The number of carboxylic acids is 1. The van der Waals surface area contributed by atoms with Crippen molar-refractivity contribution in [1.29, 1.82) is 0 Å². The van der Waals surface area contributed by atoms with Gasteiger partial charge >= 0.3 is 5.97 Å². The Morgan fingerprint density at radius 2 is 2.06 bits per heavy atom. The summed E-state index contributed by atoms with van der Waals surface area (Å²) in [4.78, 5) is 11.0. The van der Waals surface area contributed by atoms with Crippen LogP contribution in [0.1, 0.15) is 34.8 Å². The van der Waals surface area contributed by atoms with Crippen LogP contribution in [0.25, 0.3) is 0 Å². The first-order chi connectivity index (χ1) is 8.59. The van der Waals surface area contributed by atoms with E-state index in [0.29, 0.717) is 19.1 Å². The highest BCUT2D eigenvalue weighted by Gasteiger charge is 2.23. The number of rotatable bonds is 3. The number of hydrogen-bond donors (Lipinski definition) is 3. The summed E-state index contributed by atoms with van der Waals surface area (Å²) in [6.45, 7) is 1.39. The Morgan fingerprint density at radius 1 is 1.39 bits per heavy atom. The van der Waals surface area contributed by atoms with Crippen LogP contribution in [-0.2, 0) is 4.74 Å². The topological polar surface area (TPSA) is 92.8 Å². The van der Waals surface area contributed by atoms with Gasteiger partial charge in [0.05, 0.1) is 0 Å². The van der Waals surface area contributed by atoms with Crippen molar-refractivity contribution in [3.05, 3.63) is 29.3 Å². The summed E-state index contributed by atoms with van der Waals surface area (Å²) in [5, 5.41) is 18.4. The third kappa shape index (κ3) is 2.63. The van der Waals surface area contributed by atoms with Crippen molar-refractivity contribution in [1.82, 2.24) is 0 Å². The molecule has 5 heteroatoms. The molecule has 1 aliphatic rings. The summed E-state index contributed by atoms with van der Waals surface area (Å²) >= 11 is 0. The van der Waals surface area contributed by atoms with Crippen LogP contribution >= 0.6 is 0 Å². The number of carboxylic acid groups (broad SMARTS) is 1. The van der Waals surface area contributed by atoms with Crippen molar-refractivity contribution in [2.24, 2.45) is 11.7 Å². The molecule has 0 unspecified atom stereocenters. The van der Waals surface area contributed by atoms with Crippen LogP contribution < -0.4 is 5.73 Å². The van der Waals surface area contributed by atoms with Crippen LogP contribution in [0.2, 0.25) is 0 Å². The molecule has 1 fully saturated rings. The minimum atomic E-state index is -1.14. The molecule has 18 heavy (non-hydrogen) atoms. The van der Waals surface area contributed by atoms with Crippen molar-refractivity contribution in [2.75, 3.05) is 13.2 Å². The van der Waals surface area contributed by atoms with Gasteiger partial charge in [-0.05, 0) is 36.5 Å². The van der Waals surface area contributed by atoms with Crippen LogP contribution in [0.3, 0.4) is 0 Å². The van der Waals surface area contributed by atoms with Gasteiger partial charge in [-0.2, -0.15) is 0 Å². The number of aromatic carboxylic acids is 1. The lowest BCUT2D eigenvalue weighted by Gasteiger charge is -2.28. The minimum absolute atomic E-state index is 0.102. The normalized spacial score (nSPS) is 18.5. The molecule has 0 amide bonds. The lowest BCUT2D eigenvalue weighted by molar-refractivity contribution is 0.0582. The Labute approximate surface area is 105 Å². The van der Waals surface area contributed by atoms with Gasteiger partial charge in [-0.25, -0.2) is 4.79 Å². The number of hydrogen-bond acceptors (Lipinski definition) is 4. The van der Waals surface area contributed by atoms with Crippen LogP contribution in [-0.4, -0.2) is 29.4 Å². The van der Waals surface area contributed by atoms with E-state index in [1.54, 1.807) is 6.07 Å². The molecule has 0 spiro atoms. The molecule has 1 saturated heterocycles. The molecule has 2 rings (SSSR count). The third-order valence-electron chi connectivity index (χ3n) is 3.41. The van der Waals surface area contributed by atoms with E-state index in [1.807, 2.05) is 0 Å². The first-order valence-corrected chi connectivity index (χ1v) is 5.99. The lowest BCUT2D eigenvalue weighted by atomic mass is 9.87. The van der Waals surface area contributed by atoms with Crippen molar-refractivity contribution in [2.45, 2.75) is 18.9 Å². The second-order valence-corrected chi connectivity index (χ2v) is 4.56. The summed E-state index contributed by atoms with van der Waals surface area (Å²) in [6, 6.07) is 4.31. The molecule has 4 N–H and O–H groups in total. The fraction of sp³-hybridized carbons (Fsp3) is 0.462. The van der Waals surface area contributed by atoms with Crippen LogP contribution in [0, 0.1) is 5.92 Å². The molecular formula is C13H17NO4. The Hall–Kier alpha value is -1.59. The molecule has 1 aromatic carbocycles. The van der Waals surface area contributed by atoms with E-state index >= 15 is 0 Å². The van der Waals surface area contributed by atoms with E-state index in [4.69, 9.17) is 15.6 Å². The predicted molar refractivity (Wildman–Crippen MR) is 65.5 cm³/mol. The standard InChI is InChI=1S/C13H17NO4/c14-12(8-3-5-18-6-4-8)9-1-2-11(15)10(7-9)13(16)17/h1-2,7-8,12,15H,3-6,14H2,(H,16,17)/t12-/m1/s1. The zero-order valence-electron chi connectivity index (χ0n) is 10.0. The van der Waals surface area contributed by atoms with E-state index in [1.165, 1.54) is 12.1 Å². The maximum absolute atomic E-state index is 11.0. The average molecular weight is 251 g/mol. The Bertz CT molecular complexity index is 441. The molecule has 1 heterocycles. The van der Waals surface area contributed by atoms with E-state index in [0.717, 1.165) is 18.4 Å². The maximum atomic E-state index is 11.0. The van der Waals surface area contributed by atoms with Gasteiger partial charge in [0.25, 0.3) is 0 Å². The van der Waals surface area contributed by atoms with Crippen molar-refractivity contribution in [3.8, 4) is 5.75 Å². The molecule has 0 radical (unpaired) electrons. The Balaban J connectivity index is 2.21. The van der Waals surface area contributed by atoms with Crippen LogP contribution in [0.4, 0.5) is 0 Å². The second-order valence-electron chi connectivity index (χ2n) is 4.56. The van der Waals surface area contributed by atoms with Gasteiger partial charge in [-0.15, -0.1) is 0 Å². The number of nitrogens with two attached hydrogens (primary N) is 1. The van der Waals surface area contributed by atoms with E-state index in [9.17, 15) is 9.90 Å². The summed E-state index contributed by atoms with van der Waals surface area (Å²) in [5.74, 6) is -1.08. The molecule has 0 aliphatic carbocycles. The third-order valence-corrected chi connectivity index (χ3v) is 3.41. The fourth-order valence-corrected chi connectivity index (χ4v) is 2.28. The number of aromatic hydroxyl groups is 1. The summed E-state index contributed by atoms with van der Waals surface area (Å²) in [7, 11) is 0. The van der Waals surface area contributed by atoms with Gasteiger partial charge in [-0.1, -0.05) is 6.07 Å². The molecule has 1 atom stereocenters. The van der Waals surface area contributed by atoms with Crippen LogP contribution in [0.15, 0.2) is 18.2 Å². The van der Waals surface area contributed by atoms with Gasteiger partial charge in [0.1, 0.15) is 11.3 Å². The first kappa shape index (κ1) is 12.9. The first-order valence-electron chi connectivity index (χ1n) is 5.99. The number of carbonyl (C=O) groups is 1. The van der Waals surface area contributed by atoms with Gasteiger partial charge in [0.2, 0.25) is 0 Å². The highest BCUT2D eigenvalue weighted by atomic mass is 16.5.